The van der Waals surface area contributed by atoms with Crippen molar-refractivity contribution in [3.63, 3.8) is 0 Å². The zero-order chi connectivity index (χ0) is 13.0. The zero-order valence-electron chi connectivity index (χ0n) is 10.6. The van der Waals surface area contributed by atoms with Gasteiger partial charge in [0.15, 0.2) is 10.8 Å². The molecule has 1 fully saturated rings. The first kappa shape index (κ1) is 13.3. The van der Waals surface area contributed by atoms with Gasteiger partial charge in [-0.05, 0) is 25.8 Å². The Kier molecular flexibility index (Phi) is 4.54. The largest absolute Gasteiger partial charge is 0.476 e. The highest BCUT2D eigenvalue weighted by atomic mass is 32.1. The van der Waals surface area contributed by atoms with Gasteiger partial charge in [-0.25, -0.2) is 9.78 Å². The molecule has 100 valence electrons. The molecule has 0 saturated carbocycles. The Bertz CT molecular complexity index is 400. The van der Waals surface area contributed by atoms with Crippen molar-refractivity contribution in [2.24, 2.45) is 0 Å². The molecular formula is C12H19N3O2S. The minimum absolute atomic E-state index is 0.130. The van der Waals surface area contributed by atoms with Gasteiger partial charge in [-0.3, -0.25) is 0 Å². The third-order valence-corrected chi connectivity index (χ3v) is 3.95. The van der Waals surface area contributed by atoms with Gasteiger partial charge in [-0.2, -0.15) is 0 Å². The lowest BCUT2D eigenvalue weighted by molar-refractivity contribution is 0.0691. The molecule has 0 atom stereocenters. The van der Waals surface area contributed by atoms with E-state index in [-0.39, 0.29) is 5.69 Å². The van der Waals surface area contributed by atoms with E-state index in [0.717, 1.165) is 31.1 Å². The van der Waals surface area contributed by atoms with E-state index >= 15 is 0 Å². The Balaban J connectivity index is 1.82. The number of piperidine rings is 1. The number of anilines is 1. The zero-order valence-corrected chi connectivity index (χ0v) is 11.4. The molecule has 2 N–H and O–H groups in total. The Hall–Kier alpha value is -1.14. The summed E-state index contributed by atoms with van der Waals surface area (Å²) >= 11 is 1.37. The first-order valence-corrected chi connectivity index (χ1v) is 7.24. The maximum absolute atomic E-state index is 10.7. The van der Waals surface area contributed by atoms with E-state index in [1.807, 2.05) is 0 Å². The van der Waals surface area contributed by atoms with Crippen LogP contribution in [0.15, 0.2) is 5.38 Å². The van der Waals surface area contributed by atoms with Gasteiger partial charge in [0.05, 0.1) is 0 Å². The predicted molar refractivity (Wildman–Crippen MR) is 72.4 cm³/mol. The second-order valence-corrected chi connectivity index (χ2v) is 5.46. The van der Waals surface area contributed by atoms with Crippen LogP contribution in [0.2, 0.25) is 0 Å². The molecule has 18 heavy (non-hydrogen) atoms. The molecule has 0 unspecified atom stereocenters. The smallest absolute Gasteiger partial charge is 0.355 e. The number of nitrogens with one attached hydrogen (secondary N) is 1. The summed E-state index contributed by atoms with van der Waals surface area (Å²) in [7, 11) is 0. The molecule has 2 rings (SSSR count). The number of hydrogen-bond acceptors (Lipinski definition) is 5. The average molecular weight is 269 g/mol. The van der Waals surface area contributed by atoms with Gasteiger partial charge in [0.1, 0.15) is 0 Å². The lowest BCUT2D eigenvalue weighted by Gasteiger charge is -2.31. The Morgan fingerprint density at radius 3 is 2.89 bits per heavy atom. The van der Waals surface area contributed by atoms with Crippen LogP contribution >= 0.6 is 11.3 Å². The van der Waals surface area contributed by atoms with Crippen LogP contribution < -0.4 is 5.32 Å². The minimum atomic E-state index is -0.961. The lowest BCUT2D eigenvalue weighted by atomic mass is 10.1. The molecule has 0 aliphatic carbocycles. The molecule has 1 aromatic heterocycles. The summed E-state index contributed by atoms with van der Waals surface area (Å²) in [6.45, 7) is 5.60. The van der Waals surface area contributed by atoms with E-state index in [2.05, 4.69) is 22.1 Å². The molecule has 0 spiro atoms. The fraction of sp³-hybridized carbons (Fsp3) is 0.667. The van der Waals surface area contributed by atoms with Crippen molar-refractivity contribution < 1.29 is 9.90 Å². The van der Waals surface area contributed by atoms with Gasteiger partial charge < -0.3 is 15.3 Å². The normalized spacial score (nSPS) is 17.8. The predicted octanol–water partition coefficient (Wildman–Crippen LogP) is 2.13. The summed E-state index contributed by atoms with van der Waals surface area (Å²) in [5.41, 5.74) is 0.130. The van der Waals surface area contributed by atoms with Gasteiger partial charge in [-0.1, -0.05) is 6.92 Å². The molecule has 1 aromatic rings. The fourth-order valence-electron chi connectivity index (χ4n) is 2.23. The maximum atomic E-state index is 10.7. The molecule has 0 radical (unpaired) electrons. The third-order valence-electron chi connectivity index (χ3n) is 3.18. The molecule has 2 heterocycles. The number of nitrogens with zero attached hydrogens (tertiary/aromatic N) is 2. The molecule has 0 amide bonds. The van der Waals surface area contributed by atoms with Crippen LogP contribution in [0, 0.1) is 0 Å². The molecule has 6 heteroatoms. The van der Waals surface area contributed by atoms with Crippen molar-refractivity contribution in [2.45, 2.75) is 32.2 Å². The van der Waals surface area contributed by atoms with Crippen molar-refractivity contribution >= 4 is 22.4 Å². The molecular weight excluding hydrogens is 250 g/mol. The summed E-state index contributed by atoms with van der Waals surface area (Å²) < 4.78 is 0. The van der Waals surface area contributed by atoms with Gasteiger partial charge in [0, 0.05) is 24.5 Å². The molecule has 0 bridgehead atoms. The molecule has 5 nitrogen and oxygen atoms in total. The van der Waals surface area contributed by atoms with E-state index in [1.54, 1.807) is 5.38 Å². The highest BCUT2D eigenvalue weighted by Crippen LogP contribution is 2.20. The topological polar surface area (TPSA) is 65.5 Å². The van der Waals surface area contributed by atoms with E-state index in [0.29, 0.717) is 6.04 Å². The van der Waals surface area contributed by atoms with E-state index in [9.17, 15) is 4.79 Å². The quantitative estimate of drug-likeness (QED) is 0.857. The van der Waals surface area contributed by atoms with Crippen LogP contribution in [0.3, 0.4) is 0 Å². The summed E-state index contributed by atoms with van der Waals surface area (Å²) in [6, 6.07) is 0.422. The second-order valence-electron chi connectivity index (χ2n) is 4.60. The van der Waals surface area contributed by atoms with Gasteiger partial charge in [0.25, 0.3) is 0 Å². The van der Waals surface area contributed by atoms with Crippen molar-refractivity contribution in [3.8, 4) is 0 Å². The molecule has 1 aliphatic heterocycles. The summed E-state index contributed by atoms with van der Waals surface area (Å²) in [6.07, 6.45) is 3.40. The minimum Gasteiger partial charge on any atom is -0.476 e. The number of likely N-dealkylation sites (tertiary alicyclic amines) is 1. The maximum Gasteiger partial charge on any atom is 0.355 e. The number of carbonyl (C=O) groups is 1. The van der Waals surface area contributed by atoms with Crippen LogP contribution in [0.4, 0.5) is 5.13 Å². The molecule has 0 aromatic carbocycles. The standard InChI is InChI=1S/C12H19N3O2S/c1-2-5-15-6-3-9(4-7-15)13-12-14-10(8-18-12)11(16)17/h8-9H,2-7H2,1H3,(H,13,14)(H,16,17). The monoisotopic (exact) mass is 269 g/mol. The number of hydrogen-bond donors (Lipinski definition) is 2. The van der Waals surface area contributed by atoms with Crippen LogP contribution in [0.25, 0.3) is 0 Å². The summed E-state index contributed by atoms with van der Waals surface area (Å²) in [5, 5.41) is 14.4. The number of thiazole rings is 1. The van der Waals surface area contributed by atoms with Crippen LogP contribution in [0.1, 0.15) is 36.7 Å². The van der Waals surface area contributed by atoms with Crippen molar-refractivity contribution in [2.75, 3.05) is 25.0 Å². The Labute approximate surface area is 111 Å². The Morgan fingerprint density at radius 2 is 2.33 bits per heavy atom. The first-order chi connectivity index (χ1) is 8.69. The van der Waals surface area contributed by atoms with Crippen LogP contribution in [-0.4, -0.2) is 46.6 Å². The summed E-state index contributed by atoms with van der Waals surface area (Å²) in [4.78, 5) is 17.3. The summed E-state index contributed by atoms with van der Waals surface area (Å²) in [5.74, 6) is -0.961. The van der Waals surface area contributed by atoms with E-state index in [1.165, 1.54) is 24.3 Å². The second kappa shape index (κ2) is 6.15. The lowest BCUT2D eigenvalue weighted by Crippen LogP contribution is -2.39. The average Bonchev–Trinajstić information content (AvgIpc) is 2.81. The molecule has 1 saturated heterocycles. The third kappa shape index (κ3) is 3.43. The number of carboxylic acids is 1. The number of aromatic carboxylic acids is 1. The van der Waals surface area contributed by atoms with E-state index in [4.69, 9.17) is 5.11 Å². The number of aromatic nitrogens is 1. The van der Waals surface area contributed by atoms with Crippen molar-refractivity contribution in [1.29, 1.82) is 0 Å². The highest BCUT2D eigenvalue weighted by molar-refractivity contribution is 7.13. The van der Waals surface area contributed by atoms with E-state index < -0.39 is 5.97 Å². The van der Waals surface area contributed by atoms with Crippen LogP contribution in [-0.2, 0) is 0 Å². The van der Waals surface area contributed by atoms with Gasteiger partial charge >= 0.3 is 5.97 Å². The SMILES string of the molecule is CCCN1CCC(Nc2nc(C(=O)O)cs2)CC1. The molecule has 1 aliphatic rings. The van der Waals surface area contributed by atoms with Crippen molar-refractivity contribution in [1.82, 2.24) is 9.88 Å². The number of carboxylic acid groups (broad SMARTS) is 1. The number of rotatable bonds is 5. The van der Waals surface area contributed by atoms with Gasteiger partial charge in [0.2, 0.25) is 0 Å². The van der Waals surface area contributed by atoms with Gasteiger partial charge in [-0.15, -0.1) is 11.3 Å². The first-order valence-electron chi connectivity index (χ1n) is 6.36. The van der Waals surface area contributed by atoms with Crippen LogP contribution in [0.5, 0.6) is 0 Å². The van der Waals surface area contributed by atoms with Crippen molar-refractivity contribution in [3.05, 3.63) is 11.1 Å². The Morgan fingerprint density at radius 1 is 1.61 bits per heavy atom. The fourth-order valence-corrected chi connectivity index (χ4v) is 2.99. The highest BCUT2D eigenvalue weighted by Gasteiger charge is 2.19.